The summed E-state index contributed by atoms with van der Waals surface area (Å²) in [5.74, 6) is 0.132. The third kappa shape index (κ3) is 1.56. The van der Waals surface area contributed by atoms with Gasteiger partial charge in [-0.05, 0) is 36.5 Å². The lowest BCUT2D eigenvalue weighted by molar-refractivity contribution is -0.143. The average molecular weight is 220 g/mol. The average Bonchev–Trinajstić information content (AvgIpc) is 3.10. The Hall–Kier alpha value is -1.51. The van der Waals surface area contributed by atoms with Crippen LogP contribution < -0.4 is 0 Å². The van der Waals surface area contributed by atoms with Crippen molar-refractivity contribution in [3.63, 3.8) is 0 Å². The lowest BCUT2D eigenvalue weighted by Crippen LogP contribution is -2.21. The molecular formula is C13H16O3. The zero-order chi connectivity index (χ0) is 11.8. The molecule has 1 aromatic rings. The molecule has 2 rings (SSSR count). The van der Waals surface area contributed by atoms with E-state index in [1.54, 1.807) is 6.07 Å². The molecule has 0 spiro atoms. The molecule has 16 heavy (non-hydrogen) atoms. The van der Waals surface area contributed by atoms with Crippen LogP contribution in [-0.4, -0.2) is 18.2 Å². The van der Waals surface area contributed by atoms with Crippen molar-refractivity contribution in [3.05, 3.63) is 29.3 Å². The Labute approximate surface area is 95.0 Å². The normalized spacial score (nSPS) is 16.9. The summed E-state index contributed by atoms with van der Waals surface area (Å²) in [5.41, 5.74) is 1.41. The summed E-state index contributed by atoms with van der Waals surface area (Å²) < 4.78 is 4.83. The van der Waals surface area contributed by atoms with E-state index >= 15 is 0 Å². The molecule has 0 atom stereocenters. The first-order valence-corrected chi connectivity index (χ1v) is 5.55. The highest BCUT2D eigenvalue weighted by atomic mass is 16.5. The molecular weight excluding hydrogens is 204 g/mol. The van der Waals surface area contributed by atoms with Crippen molar-refractivity contribution in [3.8, 4) is 5.75 Å². The summed E-state index contributed by atoms with van der Waals surface area (Å²) >= 11 is 0. The van der Waals surface area contributed by atoms with E-state index in [-0.39, 0.29) is 5.97 Å². The van der Waals surface area contributed by atoms with Gasteiger partial charge >= 0.3 is 5.97 Å². The van der Waals surface area contributed by atoms with E-state index in [9.17, 15) is 9.90 Å². The van der Waals surface area contributed by atoms with E-state index in [1.165, 1.54) is 7.11 Å². The van der Waals surface area contributed by atoms with Crippen LogP contribution in [0.4, 0.5) is 0 Å². The van der Waals surface area contributed by atoms with Crippen molar-refractivity contribution in [2.45, 2.75) is 31.6 Å². The second-order valence-corrected chi connectivity index (χ2v) is 4.27. The van der Waals surface area contributed by atoms with E-state index in [0.29, 0.717) is 5.75 Å². The predicted octanol–water partition coefficient (Wildman–Crippen LogP) is 2.16. The Morgan fingerprint density at radius 3 is 2.69 bits per heavy atom. The zero-order valence-corrected chi connectivity index (χ0v) is 9.62. The van der Waals surface area contributed by atoms with E-state index in [4.69, 9.17) is 4.74 Å². The van der Waals surface area contributed by atoms with Gasteiger partial charge in [-0.25, -0.2) is 0 Å². The van der Waals surface area contributed by atoms with Crippen LogP contribution in [0.15, 0.2) is 18.2 Å². The van der Waals surface area contributed by atoms with Crippen molar-refractivity contribution in [2.24, 2.45) is 0 Å². The minimum atomic E-state index is -0.438. The van der Waals surface area contributed by atoms with Crippen molar-refractivity contribution in [1.82, 2.24) is 0 Å². The van der Waals surface area contributed by atoms with Crippen LogP contribution in [0.1, 0.15) is 30.9 Å². The third-order valence-corrected chi connectivity index (χ3v) is 3.34. The maximum absolute atomic E-state index is 11.7. The number of benzene rings is 1. The second-order valence-electron chi connectivity index (χ2n) is 4.27. The standard InChI is InChI=1S/C13H16O3/c1-3-9-8-10(4-5-11(9)14)13(6-7-13)12(15)16-2/h4-5,8,14H,3,6-7H2,1-2H3. The molecule has 0 radical (unpaired) electrons. The largest absolute Gasteiger partial charge is 0.508 e. The van der Waals surface area contributed by atoms with Crippen LogP contribution in [0, 0.1) is 0 Å². The minimum absolute atomic E-state index is 0.166. The monoisotopic (exact) mass is 220 g/mol. The van der Waals surface area contributed by atoms with Gasteiger partial charge in [0, 0.05) is 0 Å². The molecule has 3 heteroatoms. The smallest absolute Gasteiger partial charge is 0.316 e. The summed E-state index contributed by atoms with van der Waals surface area (Å²) in [6.45, 7) is 1.98. The highest BCUT2D eigenvalue weighted by Gasteiger charge is 2.52. The molecule has 1 aliphatic carbocycles. The van der Waals surface area contributed by atoms with E-state index < -0.39 is 5.41 Å². The maximum Gasteiger partial charge on any atom is 0.316 e. The van der Waals surface area contributed by atoms with Crippen LogP contribution in [0.2, 0.25) is 0 Å². The molecule has 1 saturated carbocycles. The Morgan fingerprint density at radius 2 is 2.19 bits per heavy atom. The first-order chi connectivity index (χ1) is 7.64. The van der Waals surface area contributed by atoms with E-state index in [2.05, 4.69) is 0 Å². The fourth-order valence-corrected chi connectivity index (χ4v) is 2.10. The summed E-state index contributed by atoms with van der Waals surface area (Å²) in [7, 11) is 1.42. The van der Waals surface area contributed by atoms with Gasteiger partial charge in [0.15, 0.2) is 0 Å². The van der Waals surface area contributed by atoms with Crippen molar-refractivity contribution in [2.75, 3.05) is 7.11 Å². The Bertz CT molecular complexity index is 419. The number of esters is 1. The highest BCUT2D eigenvalue weighted by Crippen LogP contribution is 2.49. The number of carbonyl (C=O) groups is 1. The number of phenolic OH excluding ortho intramolecular Hbond substituents is 1. The number of aromatic hydroxyl groups is 1. The Morgan fingerprint density at radius 1 is 1.50 bits per heavy atom. The minimum Gasteiger partial charge on any atom is -0.508 e. The lowest BCUT2D eigenvalue weighted by Gasteiger charge is -2.14. The van der Waals surface area contributed by atoms with Crippen LogP contribution in [0.3, 0.4) is 0 Å². The van der Waals surface area contributed by atoms with Crippen molar-refractivity contribution < 1.29 is 14.6 Å². The number of hydrogen-bond donors (Lipinski definition) is 1. The maximum atomic E-state index is 11.7. The number of aryl methyl sites for hydroxylation is 1. The van der Waals surface area contributed by atoms with Crippen LogP contribution >= 0.6 is 0 Å². The Kier molecular flexibility index (Phi) is 2.62. The highest BCUT2D eigenvalue weighted by molar-refractivity contribution is 5.86. The molecule has 1 aliphatic rings. The molecule has 0 unspecified atom stereocenters. The fourth-order valence-electron chi connectivity index (χ4n) is 2.10. The lowest BCUT2D eigenvalue weighted by atomic mass is 9.93. The molecule has 0 saturated heterocycles. The van der Waals surface area contributed by atoms with Crippen LogP contribution in [-0.2, 0) is 21.4 Å². The van der Waals surface area contributed by atoms with Gasteiger partial charge in [0.1, 0.15) is 5.75 Å². The molecule has 0 bridgehead atoms. The van der Waals surface area contributed by atoms with Gasteiger partial charge in [-0.1, -0.05) is 19.1 Å². The predicted molar refractivity (Wildman–Crippen MR) is 60.4 cm³/mol. The van der Waals surface area contributed by atoms with E-state index in [0.717, 1.165) is 30.4 Å². The number of hydrogen-bond acceptors (Lipinski definition) is 3. The molecule has 86 valence electrons. The van der Waals surface area contributed by atoms with Gasteiger partial charge in [-0.3, -0.25) is 4.79 Å². The number of phenols is 1. The van der Waals surface area contributed by atoms with Gasteiger partial charge in [-0.2, -0.15) is 0 Å². The molecule has 1 N–H and O–H groups in total. The summed E-state index contributed by atoms with van der Waals surface area (Å²) in [6, 6.07) is 5.40. The first-order valence-electron chi connectivity index (χ1n) is 5.55. The topological polar surface area (TPSA) is 46.5 Å². The molecule has 0 aromatic heterocycles. The van der Waals surface area contributed by atoms with Crippen LogP contribution in [0.25, 0.3) is 0 Å². The van der Waals surface area contributed by atoms with Crippen molar-refractivity contribution >= 4 is 5.97 Å². The number of ether oxygens (including phenoxy) is 1. The summed E-state index contributed by atoms with van der Waals surface area (Å²) in [6.07, 6.45) is 2.44. The van der Waals surface area contributed by atoms with Crippen molar-refractivity contribution in [1.29, 1.82) is 0 Å². The first kappa shape index (κ1) is 11.0. The molecule has 0 heterocycles. The van der Waals surface area contributed by atoms with E-state index in [1.807, 2.05) is 19.1 Å². The molecule has 3 nitrogen and oxygen atoms in total. The van der Waals surface area contributed by atoms with Gasteiger partial charge in [0.05, 0.1) is 12.5 Å². The SMILES string of the molecule is CCc1cc(C2(C(=O)OC)CC2)ccc1O. The van der Waals surface area contributed by atoms with Gasteiger partial charge in [-0.15, -0.1) is 0 Å². The second kappa shape index (κ2) is 3.81. The van der Waals surface area contributed by atoms with Crippen LogP contribution in [0.5, 0.6) is 5.75 Å². The van der Waals surface area contributed by atoms with Gasteiger partial charge in [0.2, 0.25) is 0 Å². The Balaban J connectivity index is 2.38. The summed E-state index contributed by atoms with van der Waals surface area (Å²) in [4.78, 5) is 11.7. The molecule has 0 amide bonds. The quantitative estimate of drug-likeness (QED) is 0.794. The number of rotatable bonds is 3. The number of carbonyl (C=O) groups excluding carboxylic acids is 1. The molecule has 1 fully saturated rings. The van der Waals surface area contributed by atoms with Gasteiger partial charge in [0.25, 0.3) is 0 Å². The molecule has 1 aromatic carbocycles. The third-order valence-electron chi connectivity index (χ3n) is 3.34. The van der Waals surface area contributed by atoms with Gasteiger partial charge < -0.3 is 9.84 Å². The fraction of sp³-hybridized carbons (Fsp3) is 0.462. The summed E-state index contributed by atoms with van der Waals surface area (Å²) in [5, 5.41) is 9.60. The molecule has 0 aliphatic heterocycles. The zero-order valence-electron chi connectivity index (χ0n) is 9.62. The number of methoxy groups -OCH3 is 1.